The Balaban J connectivity index is 2.04. The Kier molecular flexibility index (Phi) is 11.2. The fourth-order valence-corrected chi connectivity index (χ4v) is 6.08. The molecular formula is C31H39N3O4S2. The molecule has 0 saturated carbocycles. The number of sulfonamides is 1. The average Bonchev–Trinajstić information content (AvgIpc) is 2.96. The molecule has 0 aromatic heterocycles. The van der Waals surface area contributed by atoms with Gasteiger partial charge in [-0.05, 0) is 74.9 Å². The lowest BCUT2D eigenvalue weighted by Crippen LogP contribution is -2.53. The van der Waals surface area contributed by atoms with Crippen molar-refractivity contribution in [3.05, 3.63) is 90.0 Å². The van der Waals surface area contributed by atoms with Crippen LogP contribution < -0.4 is 9.62 Å². The predicted octanol–water partition coefficient (Wildman–Crippen LogP) is 5.63. The van der Waals surface area contributed by atoms with Crippen LogP contribution in [0.1, 0.15) is 44.7 Å². The van der Waals surface area contributed by atoms with E-state index in [0.717, 1.165) is 26.7 Å². The van der Waals surface area contributed by atoms with Crippen LogP contribution in [0.25, 0.3) is 0 Å². The van der Waals surface area contributed by atoms with Gasteiger partial charge in [-0.15, -0.1) is 11.8 Å². The number of hydrogen-bond donors (Lipinski definition) is 1. The summed E-state index contributed by atoms with van der Waals surface area (Å²) in [6.07, 6.45) is 3.06. The molecule has 0 aliphatic rings. The normalized spacial score (nSPS) is 12.8. The van der Waals surface area contributed by atoms with Crippen LogP contribution in [0.3, 0.4) is 0 Å². The fourth-order valence-electron chi connectivity index (χ4n) is 4.26. The second kappa shape index (κ2) is 14.4. The monoisotopic (exact) mass is 581 g/mol. The van der Waals surface area contributed by atoms with Gasteiger partial charge < -0.3 is 10.2 Å². The summed E-state index contributed by atoms with van der Waals surface area (Å²) in [6.45, 7) is 7.40. The van der Waals surface area contributed by atoms with Gasteiger partial charge in [-0.3, -0.25) is 13.9 Å². The smallest absolute Gasteiger partial charge is 0.264 e. The zero-order chi connectivity index (χ0) is 29.3. The molecule has 0 radical (unpaired) electrons. The Morgan fingerprint density at radius 2 is 1.52 bits per heavy atom. The van der Waals surface area contributed by atoms with E-state index in [2.05, 4.69) is 5.32 Å². The van der Waals surface area contributed by atoms with Crippen LogP contribution in [0, 0.1) is 6.92 Å². The number of nitrogens with one attached hydrogen (secondary N) is 1. The zero-order valence-electron chi connectivity index (χ0n) is 23.8. The van der Waals surface area contributed by atoms with Gasteiger partial charge >= 0.3 is 0 Å². The van der Waals surface area contributed by atoms with Crippen molar-refractivity contribution in [1.29, 1.82) is 0 Å². The summed E-state index contributed by atoms with van der Waals surface area (Å²) in [5.41, 5.74) is 2.20. The highest BCUT2D eigenvalue weighted by Crippen LogP contribution is 2.27. The maximum absolute atomic E-state index is 14.1. The van der Waals surface area contributed by atoms with Gasteiger partial charge in [-0.1, -0.05) is 61.9 Å². The summed E-state index contributed by atoms with van der Waals surface area (Å²) in [5, 5.41) is 2.99. The first kappa shape index (κ1) is 31.2. The first-order chi connectivity index (χ1) is 19.1. The number of aryl methyl sites for hydroxylation is 1. The van der Waals surface area contributed by atoms with Gasteiger partial charge in [0.25, 0.3) is 10.0 Å². The molecule has 2 amide bonds. The minimum Gasteiger partial charge on any atom is -0.352 e. The molecule has 214 valence electrons. The molecule has 0 heterocycles. The Morgan fingerprint density at radius 1 is 0.900 bits per heavy atom. The second-order valence-corrected chi connectivity index (χ2v) is 12.5. The van der Waals surface area contributed by atoms with Crippen LogP contribution in [0.2, 0.25) is 0 Å². The number of hydrogen-bond acceptors (Lipinski definition) is 5. The highest BCUT2D eigenvalue weighted by molar-refractivity contribution is 7.98. The third kappa shape index (κ3) is 7.88. The summed E-state index contributed by atoms with van der Waals surface area (Å²) in [5.74, 6) is -0.710. The van der Waals surface area contributed by atoms with E-state index in [4.69, 9.17) is 0 Å². The molecule has 1 N–H and O–H groups in total. The molecule has 9 heteroatoms. The van der Waals surface area contributed by atoms with Gasteiger partial charge in [0, 0.05) is 17.5 Å². The molecule has 0 spiro atoms. The van der Waals surface area contributed by atoms with E-state index in [-0.39, 0.29) is 23.4 Å². The minimum absolute atomic E-state index is 0.0519. The lowest BCUT2D eigenvalue weighted by Gasteiger charge is -2.33. The number of benzene rings is 3. The predicted molar refractivity (Wildman–Crippen MR) is 163 cm³/mol. The summed E-state index contributed by atoms with van der Waals surface area (Å²) in [7, 11) is -4.09. The molecule has 0 aliphatic carbocycles. The third-order valence-corrected chi connectivity index (χ3v) is 9.36. The van der Waals surface area contributed by atoms with Gasteiger partial charge in [0.05, 0.1) is 10.6 Å². The number of carbonyl (C=O) groups excluding carboxylic acids is 2. The van der Waals surface area contributed by atoms with Crippen molar-refractivity contribution >= 4 is 39.3 Å². The van der Waals surface area contributed by atoms with Crippen molar-refractivity contribution in [2.75, 3.05) is 17.1 Å². The maximum atomic E-state index is 14.1. The summed E-state index contributed by atoms with van der Waals surface area (Å²) in [6, 6.07) is 22.3. The first-order valence-electron chi connectivity index (χ1n) is 13.5. The van der Waals surface area contributed by atoms with Crippen LogP contribution in [0.15, 0.2) is 88.7 Å². The molecule has 2 atom stereocenters. The standard InChI is InChI=1S/C31H39N3O4S2/c1-6-24(4)32-31(36)29(7-2)33(21-25-11-9-8-10-12-25)30(35)22-34(26-15-13-23(3)14-16-26)40(37,38)28-19-17-27(39-5)18-20-28/h8-20,24,29H,6-7,21-22H2,1-5H3,(H,32,36)/t24-,29-/m0/s1. The number of anilines is 1. The Bertz CT molecular complexity index is 1360. The van der Waals surface area contributed by atoms with E-state index in [1.165, 1.54) is 16.7 Å². The highest BCUT2D eigenvalue weighted by Gasteiger charge is 2.34. The molecule has 0 fully saturated rings. The lowest BCUT2D eigenvalue weighted by atomic mass is 10.1. The average molecular weight is 582 g/mol. The van der Waals surface area contributed by atoms with Gasteiger partial charge in [-0.2, -0.15) is 0 Å². The lowest BCUT2D eigenvalue weighted by molar-refractivity contribution is -0.140. The van der Waals surface area contributed by atoms with Crippen molar-refractivity contribution in [1.82, 2.24) is 10.2 Å². The Labute approximate surface area is 243 Å². The number of thioether (sulfide) groups is 1. The van der Waals surface area contributed by atoms with Crippen LogP contribution in [0.4, 0.5) is 5.69 Å². The van der Waals surface area contributed by atoms with E-state index in [1.54, 1.807) is 36.4 Å². The molecule has 0 bridgehead atoms. The van der Waals surface area contributed by atoms with Gasteiger partial charge in [-0.25, -0.2) is 8.42 Å². The highest BCUT2D eigenvalue weighted by atomic mass is 32.2. The molecular weight excluding hydrogens is 542 g/mol. The molecule has 3 aromatic rings. The number of nitrogens with zero attached hydrogens (tertiary/aromatic N) is 2. The first-order valence-corrected chi connectivity index (χ1v) is 16.1. The van der Waals surface area contributed by atoms with Crippen molar-refractivity contribution in [2.45, 2.75) is 69.0 Å². The van der Waals surface area contributed by atoms with Crippen LogP contribution in [-0.4, -0.2) is 50.0 Å². The number of rotatable bonds is 13. The van der Waals surface area contributed by atoms with E-state index in [1.807, 2.05) is 76.4 Å². The molecule has 7 nitrogen and oxygen atoms in total. The molecule has 0 saturated heterocycles. The van der Waals surface area contributed by atoms with Crippen molar-refractivity contribution < 1.29 is 18.0 Å². The number of amides is 2. The van der Waals surface area contributed by atoms with E-state index in [0.29, 0.717) is 12.1 Å². The van der Waals surface area contributed by atoms with Gasteiger partial charge in [0.15, 0.2) is 0 Å². The maximum Gasteiger partial charge on any atom is 0.264 e. The van der Waals surface area contributed by atoms with Crippen molar-refractivity contribution in [3.8, 4) is 0 Å². The number of carbonyl (C=O) groups is 2. The van der Waals surface area contributed by atoms with E-state index >= 15 is 0 Å². The second-order valence-electron chi connectivity index (χ2n) is 9.77. The Hall–Kier alpha value is -3.30. The van der Waals surface area contributed by atoms with Gasteiger partial charge in [0.1, 0.15) is 12.6 Å². The Morgan fingerprint density at radius 3 is 2.08 bits per heavy atom. The molecule has 40 heavy (non-hydrogen) atoms. The summed E-state index contributed by atoms with van der Waals surface area (Å²) in [4.78, 5) is 29.9. The molecule has 0 aliphatic heterocycles. The topological polar surface area (TPSA) is 86.8 Å². The molecule has 3 rings (SSSR count). The van der Waals surface area contributed by atoms with Crippen LogP contribution in [-0.2, 0) is 26.2 Å². The van der Waals surface area contributed by atoms with E-state index in [9.17, 15) is 18.0 Å². The molecule has 3 aromatic carbocycles. The zero-order valence-corrected chi connectivity index (χ0v) is 25.5. The summed E-state index contributed by atoms with van der Waals surface area (Å²) < 4.78 is 29.1. The van der Waals surface area contributed by atoms with Crippen molar-refractivity contribution in [3.63, 3.8) is 0 Å². The van der Waals surface area contributed by atoms with Crippen molar-refractivity contribution in [2.24, 2.45) is 0 Å². The summed E-state index contributed by atoms with van der Waals surface area (Å²) >= 11 is 1.52. The van der Waals surface area contributed by atoms with Gasteiger partial charge in [0.2, 0.25) is 11.8 Å². The molecule has 0 unspecified atom stereocenters. The fraction of sp³-hybridized carbons (Fsp3) is 0.355. The SMILES string of the molecule is CC[C@H](C)NC(=O)[C@H](CC)N(Cc1ccccc1)C(=O)CN(c1ccc(C)cc1)S(=O)(=O)c1ccc(SC)cc1. The third-order valence-electron chi connectivity index (χ3n) is 6.83. The van der Waals surface area contributed by atoms with E-state index < -0.39 is 28.5 Å². The van der Waals surface area contributed by atoms with Crippen LogP contribution in [0.5, 0.6) is 0 Å². The quantitative estimate of drug-likeness (QED) is 0.264. The largest absolute Gasteiger partial charge is 0.352 e. The minimum atomic E-state index is -4.09. The van der Waals surface area contributed by atoms with Crippen LogP contribution >= 0.6 is 11.8 Å².